The van der Waals surface area contributed by atoms with Crippen molar-refractivity contribution in [2.45, 2.75) is 0 Å². The van der Waals surface area contributed by atoms with E-state index in [4.69, 9.17) is 4.74 Å². The smallest absolute Gasteiger partial charge is 0.340 e. The maximum Gasteiger partial charge on any atom is 0.340 e. The summed E-state index contributed by atoms with van der Waals surface area (Å²) in [7, 11) is 1.29. The van der Waals surface area contributed by atoms with E-state index in [0.717, 1.165) is 0 Å². The molecule has 0 saturated carbocycles. The van der Waals surface area contributed by atoms with Gasteiger partial charge in [0.25, 0.3) is 0 Å². The van der Waals surface area contributed by atoms with Gasteiger partial charge in [0.2, 0.25) is 5.91 Å². The van der Waals surface area contributed by atoms with Gasteiger partial charge in [-0.15, -0.1) is 6.58 Å². The number of hydrogen-bond donors (Lipinski definition) is 2. The zero-order chi connectivity index (χ0) is 15.1. The lowest BCUT2D eigenvalue weighted by Gasteiger charge is -2.12. The van der Waals surface area contributed by atoms with Crippen molar-refractivity contribution in [1.29, 1.82) is 0 Å². The Morgan fingerprint density at radius 3 is 2.70 bits per heavy atom. The van der Waals surface area contributed by atoms with Gasteiger partial charge in [-0.25, -0.2) is 4.79 Å². The third-order valence-corrected chi connectivity index (χ3v) is 3.38. The fourth-order valence-corrected chi connectivity index (χ4v) is 2.77. The Morgan fingerprint density at radius 2 is 2.10 bits per heavy atom. The predicted octanol–water partition coefficient (Wildman–Crippen LogP) is 2.71. The second kappa shape index (κ2) is 8.18. The summed E-state index contributed by atoms with van der Waals surface area (Å²) in [5, 5.41) is 5.55. The Kier molecular flexibility index (Phi) is 6.90. The van der Waals surface area contributed by atoms with Crippen molar-refractivity contribution in [1.82, 2.24) is 5.32 Å². The predicted molar refractivity (Wildman–Crippen MR) is 84.9 cm³/mol. The van der Waals surface area contributed by atoms with Crippen molar-refractivity contribution in [3.8, 4) is 0 Å². The van der Waals surface area contributed by atoms with Gasteiger partial charge in [-0.3, -0.25) is 4.79 Å². The Hall–Kier alpha value is -1.18. The first-order chi connectivity index (χ1) is 9.49. The normalized spacial score (nSPS) is 9.95. The van der Waals surface area contributed by atoms with Crippen LogP contribution in [0.3, 0.4) is 0 Å². The number of halogens is 2. The van der Waals surface area contributed by atoms with E-state index in [9.17, 15) is 9.59 Å². The minimum absolute atomic E-state index is 0.120. The minimum atomic E-state index is -0.527. The van der Waals surface area contributed by atoms with Crippen molar-refractivity contribution in [3.63, 3.8) is 0 Å². The Bertz CT molecular complexity index is 533. The summed E-state index contributed by atoms with van der Waals surface area (Å²) in [5.74, 6) is -0.790. The van der Waals surface area contributed by atoms with Crippen LogP contribution in [-0.4, -0.2) is 32.1 Å². The molecule has 0 aliphatic heterocycles. The quantitative estimate of drug-likeness (QED) is 0.433. The first-order valence-electron chi connectivity index (χ1n) is 5.68. The molecule has 0 heterocycles. The van der Waals surface area contributed by atoms with E-state index in [1.807, 2.05) is 0 Å². The average Bonchev–Trinajstić information content (AvgIpc) is 2.41. The van der Waals surface area contributed by atoms with E-state index >= 15 is 0 Å². The van der Waals surface area contributed by atoms with Crippen LogP contribution in [-0.2, 0) is 9.53 Å². The lowest BCUT2D eigenvalue weighted by atomic mass is 10.2. The second-order valence-electron chi connectivity index (χ2n) is 3.77. The molecule has 0 aliphatic carbocycles. The highest BCUT2D eigenvalue weighted by Gasteiger charge is 2.17. The number of nitrogens with one attached hydrogen (secondary N) is 2. The maximum absolute atomic E-state index is 11.8. The topological polar surface area (TPSA) is 67.4 Å². The zero-order valence-corrected chi connectivity index (χ0v) is 14.0. The molecule has 0 aliphatic rings. The number of amides is 1. The fourth-order valence-electron chi connectivity index (χ4n) is 1.44. The highest BCUT2D eigenvalue weighted by atomic mass is 79.9. The fraction of sp³-hybridized carbons (Fsp3) is 0.231. The van der Waals surface area contributed by atoms with Gasteiger partial charge in [0.05, 0.1) is 24.9 Å². The molecule has 0 spiro atoms. The molecule has 0 radical (unpaired) electrons. The number of methoxy groups -OCH3 is 1. The molecule has 0 aromatic heterocycles. The molecule has 1 aromatic carbocycles. The molecular formula is C13H14Br2N2O3. The number of benzene rings is 1. The van der Waals surface area contributed by atoms with Crippen LogP contribution in [0.1, 0.15) is 10.4 Å². The highest BCUT2D eigenvalue weighted by molar-refractivity contribution is 9.11. The van der Waals surface area contributed by atoms with Crippen molar-refractivity contribution >= 4 is 49.4 Å². The van der Waals surface area contributed by atoms with Crippen molar-refractivity contribution in [2.75, 3.05) is 25.5 Å². The molecule has 7 heteroatoms. The summed E-state index contributed by atoms with van der Waals surface area (Å²) in [6.07, 6.45) is 1.66. The molecule has 0 bridgehead atoms. The summed E-state index contributed by atoms with van der Waals surface area (Å²) >= 11 is 6.60. The van der Waals surface area contributed by atoms with E-state index in [0.29, 0.717) is 21.2 Å². The minimum Gasteiger partial charge on any atom is -0.465 e. The Balaban J connectivity index is 2.95. The summed E-state index contributed by atoms with van der Waals surface area (Å²) in [4.78, 5) is 23.5. The lowest BCUT2D eigenvalue weighted by molar-refractivity contribution is -0.115. The van der Waals surface area contributed by atoms with E-state index in [1.54, 1.807) is 18.2 Å². The first kappa shape index (κ1) is 16.9. The van der Waals surface area contributed by atoms with Gasteiger partial charge >= 0.3 is 5.97 Å². The van der Waals surface area contributed by atoms with Gasteiger partial charge in [0.1, 0.15) is 0 Å². The van der Waals surface area contributed by atoms with E-state index in [-0.39, 0.29) is 18.0 Å². The van der Waals surface area contributed by atoms with Gasteiger partial charge in [-0.05, 0) is 28.1 Å². The molecule has 1 aromatic rings. The number of carbonyl (C=O) groups excluding carboxylic acids is 2. The van der Waals surface area contributed by atoms with Crippen LogP contribution in [0.5, 0.6) is 0 Å². The number of ether oxygens (including phenoxy) is 1. The Morgan fingerprint density at radius 1 is 1.40 bits per heavy atom. The summed E-state index contributed by atoms with van der Waals surface area (Å²) in [6, 6.07) is 3.32. The summed E-state index contributed by atoms with van der Waals surface area (Å²) in [6.45, 7) is 4.19. The monoisotopic (exact) mass is 404 g/mol. The van der Waals surface area contributed by atoms with Gasteiger partial charge in [0.15, 0.2) is 0 Å². The lowest BCUT2D eigenvalue weighted by Crippen LogP contribution is -2.28. The molecule has 1 amide bonds. The molecule has 20 heavy (non-hydrogen) atoms. The van der Waals surface area contributed by atoms with Crippen LogP contribution < -0.4 is 10.6 Å². The number of hydrogen-bond acceptors (Lipinski definition) is 4. The van der Waals surface area contributed by atoms with Gasteiger partial charge < -0.3 is 15.4 Å². The van der Waals surface area contributed by atoms with Crippen LogP contribution in [0.4, 0.5) is 5.69 Å². The number of anilines is 1. The van der Waals surface area contributed by atoms with Gasteiger partial charge in [0, 0.05) is 15.5 Å². The van der Waals surface area contributed by atoms with E-state index < -0.39 is 5.97 Å². The van der Waals surface area contributed by atoms with Gasteiger partial charge in [-0.2, -0.15) is 0 Å². The Labute approximate surface area is 134 Å². The van der Waals surface area contributed by atoms with E-state index in [2.05, 4.69) is 49.1 Å². The standard InChI is InChI=1S/C13H14Br2N2O3/c1-3-4-16-7-11(18)17-12-9(13(19)20-2)5-8(14)6-10(12)15/h3,5-6,16H,1,4,7H2,2H3,(H,17,18). The molecule has 0 fully saturated rings. The first-order valence-corrected chi connectivity index (χ1v) is 7.27. The van der Waals surface area contributed by atoms with Crippen molar-refractivity contribution in [2.24, 2.45) is 0 Å². The van der Waals surface area contributed by atoms with Gasteiger partial charge in [-0.1, -0.05) is 22.0 Å². The SMILES string of the molecule is C=CCNCC(=O)Nc1c(Br)cc(Br)cc1C(=O)OC. The highest BCUT2D eigenvalue weighted by Crippen LogP contribution is 2.31. The number of esters is 1. The maximum atomic E-state index is 11.8. The largest absolute Gasteiger partial charge is 0.465 e. The molecular weight excluding hydrogens is 392 g/mol. The summed E-state index contributed by atoms with van der Waals surface area (Å²) < 4.78 is 6.00. The van der Waals surface area contributed by atoms with Crippen LogP contribution in [0.2, 0.25) is 0 Å². The van der Waals surface area contributed by atoms with Crippen LogP contribution in [0, 0.1) is 0 Å². The molecule has 0 unspecified atom stereocenters. The molecule has 2 N–H and O–H groups in total. The van der Waals surface area contributed by atoms with E-state index in [1.165, 1.54) is 7.11 Å². The third-order valence-electron chi connectivity index (χ3n) is 2.30. The molecule has 1 rings (SSSR count). The van der Waals surface area contributed by atoms with Crippen molar-refractivity contribution in [3.05, 3.63) is 39.3 Å². The molecule has 108 valence electrons. The number of rotatable bonds is 6. The number of carbonyl (C=O) groups is 2. The zero-order valence-electron chi connectivity index (χ0n) is 10.8. The molecule has 0 atom stereocenters. The average molecular weight is 406 g/mol. The van der Waals surface area contributed by atoms with Crippen LogP contribution >= 0.6 is 31.9 Å². The van der Waals surface area contributed by atoms with Crippen LogP contribution in [0.25, 0.3) is 0 Å². The molecule has 0 saturated heterocycles. The second-order valence-corrected chi connectivity index (χ2v) is 5.54. The third kappa shape index (κ3) is 4.73. The summed E-state index contributed by atoms with van der Waals surface area (Å²) in [5.41, 5.74) is 0.649. The van der Waals surface area contributed by atoms with Crippen molar-refractivity contribution < 1.29 is 14.3 Å². The molecule has 5 nitrogen and oxygen atoms in total. The van der Waals surface area contributed by atoms with Crippen LogP contribution in [0.15, 0.2) is 33.7 Å².